The van der Waals surface area contributed by atoms with E-state index in [4.69, 9.17) is 9.72 Å². The highest BCUT2D eigenvalue weighted by Crippen LogP contribution is 2.28. The standard InChI is InChI=1S/C20H18N2O2/c1-22-12-11-18-16(13-22)19(15-9-5-6-10-17(15)21-18)20(23)24-14-7-3-2-4-8-14/h2-10H,11-13H2,1H3. The van der Waals surface area contributed by atoms with Gasteiger partial charge in [0.2, 0.25) is 0 Å². The van der Waals surface area contributed by atoms with E-state index in [1.165, 1.54) is 0 Å². The highest BCUT2D eigenvalue weighted by atomic mass is 16.5. The number of carbonyl (C=O) groups is 1. The smallest absolute Gasteiger partial charge is 0.344 e. The minimum absolute atomic E-state index is 0.314. The molecule has 0 unspecified atom stereocenters. The van der Waals surface area contributed by atoms with E-state index in [-0.39, 0.29) is 5.97 Å². The quantitative estimate of drug-likeness (QED) is 0.536. The maximum Gasteiger partial charge on any atom is 0.344 e. The zero-order valence-corrected chi connectivity index (χ0v) is 13.5. The molecule has 0 fully saturated rings. The average Bonchev–Trinajstić information content (AvgIpc) is 2.60. The molecule has 3 aromatic rings. The number of aromatic nitrogens is 1. The van der Waals surface area contributed by atoms with E-state index in [0.717, 1.165) is 35.1 Å². The lowest BCUT2D eigenvalue weighted by atomic mass is 9.96. The molecule has 24 heavy (non-hydrogen) atoms. The topological polar surface area (TPSA) is 42.4 Å². The molecule has 1 aliphatic heterocycles. The lowest BCUT2D eigenvalue weighted by Gasteiger charge is -2.26. The molecular weight excluding hydrogens is 300 g/mol. The Morgan fingerprint density at radius 2 is 1.83 bits per heavy atom. The fourth-order valence-electron chi connectivity index (χ4n) is 3.20. The van der Waals surface area contributed by atoms with Crippen molar-refractivity contribution in [1.82, 2.24) is 9.88 Å². The second-order valence-electron chi connectivity index (χ2n) is 6.12. The average molecular weight is 318 g/mol. The van der Waals surface area contributed by atoms with E-state index in [1.54, 1.807) is 12.1 Å². The highest BCUT2D eigenvalue weighted by Gasteiger charge is 2.25. The number of hydrogen-bond acceptors (Lipinski definition) is 4. The summed E-state index contributed by atoms with van der Waals surface area (Å²) >= 11 is 0. The first-order valence-electron chi connectivity index (χ1n) is 8.08. The van der Waals surface area contributed by atoms with E-state index in [2.05, 4.69) is 11.9 Å². The van der Waals surface area contributed by atoms with Crippen LogP contribution < -0.4 is 4.74 Å². The summed E-state index contributed by atoms with van der Waals surface area (Å²) in [5.74, 6) is 0.243. The van der Waals surface area contributed by atoms with Gasteiger partial charge in [0.15, 0.2) is 0 Å². The van der Waals surface area contributed by atoms with Crippen molar-refractivity contribution in [1.29, 1.82) is 0 Å². The van der Waals surface area contributed by atoms with Crippen LogP contribution in [0.25, 0.3) is 10.9 Å². The van der Waals surface area contributed by atoms with Crippen LogP contribution in [0.4, 0.5) is 0 Å². The molecule has 0 radical (unpaired) electrons. The third-order valence-corrected chi connectivity index (χ3v) is 4.40. The normalized spacial score (nSPS) is 14.4. The Balaban J connectivity index is 1.86. The molecule has 0 saturated heterocycles. The van der Waals surface area contributed by atoms with E-state index in [9.17, 15) is 4.79 Å². The van der Waals surface area contributed by atoms with Crippen molar-refractivity contribution in [2.45, 2.75) is 13.0 Å². The zero-order chi connectivity index (χ0) is 16.5. The number of likely N-dealkylation sites (N-methyl/N-ethyl adjacent to an activating group) is 1. The molecular formula is C20H18N2O2. The molecule has 0 aliphatic carbocycles. The van der Waals surface area contributed by atoms with E-state index in [0.29, 0.717) is 17.9 Å². The van der Waals surface area contributed by atoms with Gasteiger partial charge in [-0.1, -0.05) is 36.4 Å². The maximum absolute atomic E-state index is 12.9. The van der Waals surface area contributed by atoms with E-state index >= 15 is 0 Å². The molecule has 1 aliphatic rings. The number of hydrogen-bond donors (Lipinski definition) is 0. The Morgan fingerprint density at radius 1 is 1.08 bits per heavy atom. The van der Waals surface area contributed by atoms with Crippen LogP contribution in [-0.2, 0) is 13.0 Å². The fourth-order valence-corrected chi connectivity index (χ4v) is 3.20. The lowest BCUT2D eigenvalue weighted by Crippen LogP contribution is -2.30. The van der Waals surface area contributed by atoms with Crippen molar-refractivity contribution in [3.8, 4) is 5.75 Å². The van der Waals surface area contributed by atoms with Gasteiger partial charge in [0.25, 0.3) is 0 Å². The Labute approximate surface area is 140 Å². The number of rotatable bonds is 2. The summed E-state index contributed by atoms with van der Waals surface area (Å²) in [6.45, 7) is 1.66. The van der Waals surface area contributed by atoms with E-state index < -0.39 is 0 Å². The highest BCUT2D eigenvalue weighted by molar-refractivity contribution is 6.05. The predicted molar refractivity (Wildman–Crippen MR) is 93.2 cm³/mol. The number of nitrogens with zero attached hydrogens (tertiary/aromatic N) is 2. The van der Waals surface area contributed by atoms with Gasteiger partial charge < -0.3 is 9.64 Å². The van der Waals surface area contributed by atoms with Crippen LogP contribution in [0.5, 0.6) is 5.75 Å². The molecule has 0 amide bonds. The van der Waals surface area contributed by atoms with Gasteiger partial charge in [-0.3, -0.25) is 4.98 Å². The van der Waals surface area contributed by atoms with Crippen molar-refractivity contribution in [2.24, 2.45) is 0 Å². The zero-order valence-electron chi connectivity index (χ0n) is 13.5. The third-order valence-electron chi connectivity index (χ3n) is 4.40. The largest absolute Gasteiger partial charge is 0.423 e. The van der Waals surface area contributed by atoms with Gasteiger partial charge in [0.1, 0.15) is 5.75 Å². The van der Waals surface area contributed by atoms with Crippen molar-refractivity contribution in [3.63, 3.8) is 0 Å². The SMILES string of the molecule is CN1CCc2nc3ccccc3c(C(=O)Oc3ccccc3)c2C1. The molecule has 0 spiro atoms. The van der Waals surface area contributed by atoms with E-state index in [1.807, 2.05) is 42.5 Å². The van der Waals surface area contributed by atoms with Crippen LogP contribution in [0.3, 0.4) is 0 Å². The Bertz CT molecular complexity index is 906. The summed E-state index contributed by atoms with van der Waals surface area (Å²) < 4.78 is 5.62. The fraction of sp³-hybridized carbons (Fsp3) is 0.200. The number of benzene rings is 2. The number of para-hydroxylation sites is 2. The van der Waals surface area contributed by atoms with Crippen molar-refractivity contribution in [2.75, 3.05) is 13.6 Å². The molecule has 4 rings (SSSR count). The number of esters is 1. The van der Waals surface area contributed by atoms with Crippen LogP contribution in [0.2, 0.25) is 0 Å². The van der Waals surface area contributed by atoms with Crippen molar-refractivity contribution in [3.05, 3.63) is 71.4 Å². The van der Waals surface area contributed by atoms with Gasteiger partial charge in [-0.15, -0.1) is 0 Å². The third kappa shape index (κ3) is 2.65. The van der Waals surface area contributed by atoms with Gasteiger partial charge in [0, 0.05) is 36.2 Å². The molecule has 1 aromatic heterocycles. The van der Waals surface area contributed by atoms with Crippen LogP contribution >= 0.6 is 0 Å². The van der Waals surface area contributed by atoms with Gasteiger partial charge in [0.05, 0.1) is 11.1 Å². The first-order chi connectivity index (χ1) is 11.7. The second-order valence-corrected chi connectivity index (χ2v) is 6.12. The molecule has 0 N–H and O–H groups in total. The molecule has 120 valence electrons. The second kappa shape index (κ2) is 6.06. The maximum atomic E-state index is 12.9. The number of ether oxygens (including phenoxy) is 1. The predicted octanol–water partition coefficient (Wildman–Crippen LogP) is 3.44. The lowest BCUT2D eigenvalue weighted by molar-refractivity contribution is 0.0734. The van der Waals surface area contributed by atoms with Crippen LogP contribution in [0.1, 0.15) is 21.6 Å². The first kappa shape index (κ1) is 14.8. The minimum Gasteiger partial charge on any atom is -0.423 e. The molecule has 2 aromatic carbocycles. The van der Waals surface area contributed by atoms with Crippen molar-refractivity contribution >= 4 is 16.9 Å². The number of carbonyl (C=O) groups excluding carboxylic acids is 1. The monoisotopic (exact) mass is 318 g/mol. The van der Waals surface area contributed by atoms with Crippen molar-refractivity contribution < 1.29 is 9.53 Å². The summed E-state index contributed by atoms with van der Waals surface area (Å²) in [4.78, 5) is 19.9. The van der Waals surface area contributed by atoms with Gasteiger partial charge >= 0.3 is 5.97 Å². The van der Waals surface area contributed by atoms with Crippen LogP contribution in [0.15, 0.2) is 54.6 Å². The molecule has 4 heteroatoms. The summed E-state index contributed by atoms with van der Waals surface area (Å²) in [5, 5.41) is 0.854. The van der Waals surface area contributed by atoms with Gasteiger partial charge in [-0.25, -0.2) is 4.79 Å². The van der Waals surface area contributed by atoms with Gasteiger partial charge in [-0.05, 0) is 25.2 Å². The first-order valence-corrected chi connectivity index (χ1v) is 8.08. The molecule has 0 bridgehead atoms. The minimum atomic E-state index is -0.314. The van der Waals surface area contributed by atoms with Gasteiger partial charge in [-0.2, -0.15) is 0 Å². The van der Waals surface area contributed by atoms with Crippen LogP contribution in [-0.4, -0.2) is 29.4 Å². The molecule has 2 heterocycles. The molecule has 0 atom stereocenters. The van der Waals surface area contributed by atoms with Crippen LogP contribution in [0, 0.1) is 0 Å². The molecule has 0 saturated carbocycles. The number of pyridine rings is 1. The summed E-state index contributed by atoms with van der Waals surface area (Å²) in [6, 6.07) is 17.0. The summed E-state index contributed by atoms with van der Waals surface area (Å²) in [6.07, 6.45) is 0.849. The Kier molecular flexibility index (Phi) is 3.75. The molecule has 4 nitrogen and oxygen atoms in total. The Hall–Kier alpha value is -2.72. The number of fused-ring (bicyclic) bond motifs is 2. The summed E-state index contributed by atoms with van der Waals surface area (Å²) in [5.41, 5.74) is 3.49. The summed E-state index contributed by atoms with van der Waals surface area (Å²) in [7, 11) is 2.06. The Morgan fingerprint density at radius 3 is 2.67 bits per heavy atom.